The summed E-state index contributed by atoms with van der Waals surface area (Å²) in [6.07, 6.45) is 10.3. The summed E-state index contributed by atoms with van der Waals surface area (Å²) in [5, 5.41) is 12.0. The fraction of sp³-hybridized carbons (Fsp3) is 0.389. The monoisotopic (exact) mass is 322 g/mol. The zero-order valence-corrected chi connectivity index (χ0v) is 13.8. The van der Waals surface area contributed by atoms with E-state index in [1.165, 1.54) is 18.4 Å². The van der Waals surface area contributed by atoms with E-state index in [0.717, 1.165) is 30.4 Å². The maximum atomic E-state index is 4.26. The van der Waals surface area contributed by atoms with Crippen LogP contribution < -0.4 is 5.32 Å². The van der Waals surface area contributed by atoms with E-state index in [1.807, 2.05) is 21.8 Å². The maximum absolute atomic E-state index is 4.26. The Labute approximate surface area is 141 Å². The van der Waals surface area contributed by atoms with Crippen molar-refractivity contribution in [3.8, 4) is 5.69 Å². The zero-order chi connectivity index (χ0) is 16.4. The first-order valence-electron chi connectivity index (χ1n) is 8.48. The number of imidazole rings is 1. The summed E-state index contributed by atoms with van der Waals surface area (Å²) >= 11 is 0. The minimum Gasteiger partial charge on any atom is -0.306 e. The van der Waals surface area contributed by atoms with Gasteiger partial charge in [-0.05, 0) is 43.4 Å². The number of rotatable bonds is 7. The third-order valence-corrected chi connectivity index (χ3v) is 4.49. The van der Waals surface area contributed by atoms with Gasteiger partial charge in [0, 0.05) is 43.4 Å². The molecule has 6 nitrogen and oxygen atoms in total. The fourth-order valence-electron chi connectivity index (χ4n) is 2.82. The number of nitrogens with zero attached hydrogens (tertiary/aromatic N) is 5. The van der Waals surface area contributed by atoms with Crippen molar-refractivity contribution in [3.63, 3.8) is 0 Å². The first-order valence-corrected chi connectivity index (χ1v) is 8.48. The Kier molecular flexibility index (Phi) is 4.13. The van der Waals surface area contributed by atoms with Crippen LogP contribution in [-0.2, 0) is 13.1 Å². The van der Waals surface area contributed by atoms with E-state index in [0.29, 0.717) is 0 Å². The fourth-order valence-corrected chi connectivity index (χ4v) is 2.82. The van der Waals surface area contributed by atoms with Gasteiger partial charge in [0.15, 0.2) is 0 Å². The van der Waals surface area contributed by atoms with Gasteiger partial charge in [-0.3, -0.25) is 4.68 Å². The molecule has 1 fully saturated rings. The molecule has 1 saturated carbocycles. The van der Waals surface area contributed by atoms with Gasteiger partial charge in [0.05, 0.1) is 12.0 Å². The van der Waals surface area contributed by atoms with Gasteiger partial charge in [-0.1, -0.05) is 17.3 Å². The Morgan fingerprint density at radius 1 is 1.33 bits per heavy atom. The molecule has 1 atom stereocenters. The van der Waals surface area contributed by atoms with E-state index in [1.54, 1.807) is 6.20 Å². The van der Waals surface area contributed by atoms with Crippen LogP contribution in [0.15, 0.2) is 49.2 Å². The standard InChI is InChI=1S/C18H22N6/c1-14(16-3-2-4-18(9-16)23-8-7-19-13-23)20-10-17-12-24(22-21-17)11-15-5-6-15/h2-4,7-9,12-15,20H,5-6,10-11H2,1H3. The lowest BCUT2D eigenvalue weighted by Gasteiger charge is -2.14. The van der Waals surface area contributed by atoms with Crippen LogP contribution in [0.25, 0.3) is 5.69 Å². The third-order valence-electron chi connectivity index (χ3n) is 4.49. The van der Waals surface area contributed by atoms with Gasteiger partial charge in [0.25, 0.3) is 0 Å². The normalized spacial score (nSPS) is 15.5. The van der Waals surface area contributed by atoms with E-state index in [2.05, 4.69) is 58.0 Å². The first kappa shape index (κ1) is 15.1. The maximum Gasteiger partial charge on any atom is 0.0991 e. The van der Waals surface area contributed by atoms with Crippen molar-refractivity contribution in [3.05, 3.63) is 60.4 Å². The largest absolute Gasteiger partial charge is 0.306 e. The van der Waals surface area contributed by atoms with E-state index < -0.39 is 0 Å². The number of benzene rings is 1. The lowest BCUT2D eigenvalue weighted by atomic mass is 10.1. The Morgan fingerprint density at radius 2 is 2.25 bits per heavy atom. The highest BCUT2D eigenvalue weighted by Gasteiger charge is 2.22. The second-order valence-corrected chi connectivity index (χ2v) is 6.54. The number of hydrogen-bond donors (Lipinski definition) is 1. The molecule has 124 valence electrons. The summed E-state index contributed by atoms with van der Waals surface area (Å²) in [5.74, 6) is 0.817. The molecule has 0 aliphatic heterocycles. The number of nitrogens with one attached hydrogen (secondary N) is 1. The zero-order valence-electron chi connectivity index (χ0n) is 13.8. The van der Waals surface area contributed by atoms with Gasteiger partial charge in [0.2, 0.25) is 0 Å². The van der Waals surface area contributed by atoms with Gasteiger partial charge in [-0.15, -0.1) is 5.10 Å². The molecular formula is C18H22N6. The van der Waals surface area contributed by atoms with Crippen LogP contribution in [0.3, 0.4) is 0 Å². The Hall–Kier alpha value is -2.47. The summed E-state index contributed by atoms with van der Waals surface area (Å²) in [6, 6.07) is 8.73. The molecule has 0 amide bonds. The Balaban J connectivity index is 1.38. The van der Waals surface area contributed by atoms with Gasteiger partial charge in [-0.2, -0.15) is 0 Å². The minimum atomic E-state index is 0.238. The lowest BCUT2D eigenvalue weighted by molar-refractivity contribution is 0.543. The summed E-state index contributed by atoms with van der Waals surface area (Å²) in [7, 11) is 0. The Bertz CT molecular complexity index is 787. The lowest BCUT2D eigenvalue weighted by Crippen LogP contribution is -2.18. The summed E-state index contributed by atoms with van der Waals surface area (Å²) in [6.45, 7) is 3.90. The number of aromatic nitrogens is 5. The first-order chi connectivity index (χ1) is 11.8. The van der Waals surface area contributed by atoms with Crippen molar-refractivity contribution in [1.82, 2.24) is 29.9 Å². The van der Waals surface area contributed by atoms with Crippen LogP contribution >= 0.6 is 0 Å². The molecule has 1 N–H and O–H groups in total. The predicted molar refractivity (Wildman–Crippen MR) is 91.6 cm³/mol. The van der Waals surface area contributed by atoms with Crippen LogP contribution in [0.5, 0.6) is 0 Å². The predicted octanol–water partition coefficient (Wildman–Crippen LogP) is 2.72. The summed E-state index contributed by atoms with van der Waals surface area (Å²) < 4.78 is 3.98. The molecule has 0 radical (unpaired) electrons. The highest BCUT2D eigenvalue weighted by molar-refractivity contribution is 5.37. The third kappa shape index (κ3) is 3.54. The minimum absolute atomic E-state index is 0.238. The average Bonchev–Trinajstić information content (AvgIpc) is 3.08. The van der Waals surface area contributed by atoms with Crippen molar-refractivity contribution in [2.45, 2.75) is 38.9 Å². The van der Waals surface area contributed by atoms with Crippen molar-refractivity contribution >= 4 is 0 Å². The van der Waals surface area contributed by atoms with E-state index in [9.17, 15) is 0 Å². The number of hydrogen-bond acceptors (Lipinski definition) is 4. The van der Waals surface area contributed by atoms with Gasteiger partial charge < -0.3 is 9.88 Å². The SMILES string of the molecule is CC(NCc1cn(CC2CC2)nn1)c1cccc(-n2ccnc2)c1. The van der Waals surface area contributed by atoms with Crippen molar-refractivity contribution in [1.29, 1.82) is 0 Å². The highest BCUT2D eigenvalue weighted by Crippen LogP contribution is 2.30. The summed E-state index contributed by atoms with van der Waals surface area (Å²) in [4.78, 5) is 4.11. The molecule has 0 bridgehead atoms. The molecule has 6 heteroatoms. The highest BCUT2D eigenvalue weighted by atomic mass is 15.4. The Morgan fingerprint density at radius 3 is 3.04 bits per heavy atom. The molecule has 1 unspecified atom stereocenters. The van der Waals surface area contributed by atoms with Crippen LogP contribution in [0.1, 0.15) is 37.1 Å². The second kappa shape index (κ2) is 6.57. The van der Waals surface area contributed by atoms with Crippen molar-refractivity contribution in [2.24, 2.45) is 5.92 Å². The van der Waals surface area contributed by atoms with Crippen LogP contribution in [0.2, 0.25) is 0 Å². The smallest absolute Gasteiger partial charge is 0.0991 e. The van der Waals surface area contributed by atoms with Crippen LogP contribution in [0, 0.1) is 5.92 Å². The van der Waals surface area contributed by atoms with Gasteiger partial charge >= 0.3 is 0 Å². The molecule has 1 aliphatic carbocycles. The quantitative estimate of drug-likeness (QED) is 0.726. The molecule has 2 heterocycles. The molecule has 2 aromatic heterocycles. The molecule has 1 aromatic carbocycles. The molecule has 1 aliphatic rings. The van der Waals surface area contributed by atoms with Crippen molar-refractivity contribution in [2.75, 3.05) is 0 Å². The second-order valence-electron chi connectivity index (χ2n) is 6.54. The molecule has 0 saturated heterocycles. The van der Waals surface area contributed by atoms with Gasteiger partial charge in [0.1, 0.15) is 0 Å². The van der Waals surface area contributed by atoms with E-state index in [-0.39, 0.29) is 6.04 Å². The molecule has 3 aromatic rings. The molecule has 24 heavy (non-hydrogen) atoms. The van der Waals surface area contributed by atoms with Gasteiger partial charge in [-0.25, -0.2) is 4.98 Å². The van der Waals surface area contributed by atoms with Crippen LogP contribution in [-0.4, -0.2) is 24.5 Å². The van der Waals surface area contributed by atoms with Crippen molar-refractivity contribution < 1.29 is 0 Å². The molecular weight excluding hydrogens is 300 g/mol. The average molecular weight is 322 g/mol. The van der Waals surface area contributed by atoms with E-state index in [4.69, 9.17) is 0 Å². The van der Waals surface area contributed by atoms with Crippen LogP contribution in [0.4, 0.5) is 0 Å². The summed E-state index contributed by atoms with van der Waals surface area (Å²) in [5.41, 5.74) is 3.36. The van der Waals surface area contributed by atoms with E-state index >= 15 is 0 Å². The molecule has 4 rings (SSSR count). The molecule has 0 spiro atoms. The topological polar surface area (TPSA) is 60.6 Å².